The van der Waals surface area contributed by atoms with Crippen molar-refractivity contribution in [3.63, 3.8) is 0 Å². The van der Waals surface area contributed by atoms with Gasteiger partial charge in [0.05, 0.1) is 11.1 Å². The number of carbonyl (C=O) groups excluding carboxylic acids is 1. The van der Waals surface area contributed by atoms with Crippen LogP contribution < -0.4 is 5.32 Å². The molecule has 98 valence electrons. The molecule has 0 atom stereocenters. The average molecular weight is 260 g/mol. The summed E-state index contributed by atoms with van der Waals surface area (Å²) in [5, 5.41) is 17.3. The first-order valence-electron chi connectivity index (χ1n) is 5.58. The van der Waals surface area contributed by atoms with E-state index in [0.717, 1.165) is 5.56 Å². The molecule has 0 spiro atoms. The van der Waals surface area contributed by atoms with Gasteiger partial charge in [0.2, 0.25) is 5.91 Å². The number of amides is 1. The van der Waals surface area contributed by atoms with Crippen LogP contribution in [0.15, 0.2) is 36.7 Å². The quantitative estimate of drug-likeness (QED) is 0.669. The van der Waals surface area contributed by atoms with E-state index < -0.39 is 4.92 Å². The Kier molecular flexibility index (Phi) is 3.56. The fraction of sp³-hybridized carbons (Fsp3) is 0.167. The van der Waals surface area contributed by atoms with Crippen LogP contribution in [0.3, 0.4) is 0 Å². The van der Waals surface area contributed by atoms with Crippen molar-refractivity contribution in [3.05, 3.63) is 52.3 Å². The number of aromatic nitrogens is 2. The van der Waals surface area contributed by atoms with Crippen LogP contribution in [-0.4, -0.2) is 20.6 Å². The van der Waals surface area contributed by atoms with Gasteiger partial charge in [-0.3, -0.25) is 19.6 Å². The summed E-state index contributed by atoms with van der Waals surface area (Å²) in [6, 6.07) is 6.00. The summed E-state index contributed by atoms with van der Waals surface area (Å²) in [7, 11) is 0. The van der Waals surface area contributed by atoms with Crippen LogP contribution in [0.5, 0.6) is 0 Å². The first-order chi connectivity index (χ1) is 9.06. The number of nitro groups is 1. The molecule has 1 N–H and O–H groups in total. The lowest BCUT2D eigenvalue weighted by Gasteiger charge is -2.05. The minimum atomic E-state index is -0.534. The Morgan fingerprint density at radius 3 is 2.84 bits per heavy atom. The summed E-state index contributed by atoms with van der Waals surface area (Å²) in [6.07, 6.45) is 3.36. The Morgan fingerprint density at radius 2 is 2.21 bits per heavy atom. The van der Waals surface area contributed by atoms with Crippen molar-refractivity contribution in [2.24, 2.45) is 0 Å². The fourth-order valence-electron chi connectivity index (χ4n) is 1.63. The topological polar surface area (TPSA) is 90.1 Å². The zero-order valence-corrected chi connectivity index (χ0v) is 10.2. The van der Waals surface area contributed by atoms with Gasteiger partial charge in [-0.05, 0) is 18.6 Å². The van der Waals surface area contributed by atoms with E-state index in [1.165, 1.54) is 16.8 Å². The zero-order valence-electron chi connectivity index (χ0n) is 10.2. The van der Waals surface area contributed by atoms with Gasteiger partial charge in [0.25, 0.3) is 5.69 Å². The molecule has 7 nitrogen and oxygen atoms in total. The van der Waals surface area contributed by atoms with E-state index in [-0.39, 0.29) is 23.8 Å². The zero-order chi connectivity index (χ0) is 13.8. The van der Waals surface area contributed by atoms with Crippen molar-refractivity contribution in [2.75, 3.05) is 5.32 Å². The SMILES string of the molecule is Cc1cnn(CC(=O)Nc2ccccc2[N+](=O)[O-])c1. The number of aryl methyl sites for hydroxylation is 1. The number of nitrogens with zero attached hydrogens (tertiary/aromatic N) is 3. The Balaban J connectivity index is 2.09. The van der Waals surface area contributed by atoms with Crippen molar-refractivity contribution < 1.29 is 9.72 Å². The molecular weight excluding hydrogens is 248 g/mol. The van der Waals surface area contributed by atoms with Crippen LogP contribution >= 0.6 is 0 Å². The fourth-order valence-corrected chi connectivity index (χ4v) is 1.63. The van der Waals surface area contributed by atoms with Crippen molar-refractivity contribution in [1.82, 2.24) is 9.78 Å². The maximum absolute atomic E-state index is 11.8. The Morgan fingerprint density at radius 1 is 1.47 bits per heavy atom. The summed E-state index contributed by atoms with van der Waals surface area (Å²) >= 11 is 0. The number of para-hydroxylation sites is 2. The van der Waals surface area contributed by atoms with E-state index in [1.807, 2.05) is 6.92 Å². The Hall–Kier alpha value is -2.70. The predicted octanol–water partition coefficient (Wildman–Crippen LogP) is 1.74. The molecule has 0 aliphatic rings. The molecule has 0 bridgehead atoms. The third-order valence-electron chi connectivity index (χ3n) is 2.44. The van der Waals surface area contributed by atoms with E-state index in [4.69, 9.17) is 0 Å². The third kappa shape index (κ3) is 3.15. The average Bonchev–Trinajstić information content (AvgIpc) is 2.75. The smallest absolute Gasteiger partial charge is 0.292 e. The summed E-state index contributed by atoms with van der Waals surface area (Å²) < 4.78 is 1.47. The molecule has 1 amide bonds. The normalized spacial score (nSPS) is 10.2. The van der Waals surface area contributed by atoms with Crippen molar-refractivity contribution >= 4 is 17.3 Å². The van der Waals surface area contributed by atoms with Crippen molar-refractivity contribution in [3.8, 4) is 0 Å². The maximum atomic E-state index is 11.8. The van der Waals surface area contributed by atoms with E-state index in [1.54, 1.807) is 24.5 Å². The van der Waals surface area contributed by atoms with Crippen LogP contribution in [0.4, 0.5) is 11.4 Å². The van der Waals surface area contributed by atoms with Crippen LogP contribution in [0.25, 0.3) is 0 Å². The highest BCUT2D eigenvalue weighted by Gasteiger charge is 2.14. The highest BCUT2D eigenvalue weighted by atomic mass is 16.6. The van der Waals surface area contributed by atoms with Gasteiger partial charge in [0, 0.05) is 12.3 Å². The van der Waals surface area contributed by atoms with Crippen molar-refractivity contribution in [1.29, 1.82) is 0 Å². The molecule has 0 aliphatic carbocycles. The van der Waals surface area contributed by atoms with Gasteiger partial charge in [0.15, 0.2) is 0 Å². The van der Waals surface area contributed by atoms with E-state index in [9.17, 15) is 14.9 Å². The van der Waals surface area contributed by atoms with Gasteiger partial charge in [0.1, 0.15) is 12.2 Å². The van der Waals surface area contributed by atoms with Gasteiger partial charge in [-0.2, -0.15) is 5.10 Å². The number of nitro benzene ring substituents is 1. The lowest BCUT2D eigenvalue weighted by Crippen LogP contribution is -2.19. The van der Waals surface area contributed by atoms with Crippen LogP contribution in [0.2, 0.25) is 0 Å². The number of carbonyl (C=O) groups is 1. The molecule has 0 fully saturated rings. The number of anilines is 1. The number of nitrogens with one attached hydrogen (secondary N) is 1. The number of rotatable bonds is 4. The first-order valence-corrected chi connectivity index (χ1v) is 5.58. The molecule has 2 rings (SSSR count). The number of benzene rings is 1. The maximum Gasteiger partial charge on any atom is 0.292 e. The lowest BCUT2D eigenvalue weighted by atomic mass is 10.2. The molecule has 19 heavy (non-hydrogen) atoms. The molecule has 0 unspecified atom stereocenters. The van der Waals surface area contributed by atoms with E-state index >= 15 is 0 Å². The molecule has 7 heteroatoms. The van der Waals surface area contributed by atoms with Crippen LogP contribution in [0.1, 0.15) is 5.56 Å². The second-order valence-corrected chi connectivity index (χ2v) is 4.04. The minimum absolute atomic E-state index is 0.0138. The lowest BCUT2D eigenvalue weighted by molar-refractivity contribution is -0.383. The molecule has 2 aromatic rings. The Bertz CT molecular complexity index is 621. The number of hydrogen-bond acceptors (Lipinski definition) is 4. The minimum Gasteiger partial charge on any atom is -0.319 e. The Labute approximate surface area is 109 Å². The van der Waals surface area contributed by atoms with Gasteiger partial charge < -0.3 is 5.32 Å². The first kappa shape index (κ1) is 12.7. The summed E-state index contributed by atoms with van der Waals surface area (Å²) in [6.45, 7) is 1.88. The molecule has 1 aromatic heterocycles. The molecule has 0 radical (unpaired) electrons. The molecule has 0 saturated carbocycles. The highest BCUT2D eigenvalue weighted by Crippen LogP contribution is 2.22. The van der Waals surface area contributed by atoms with Gasteiger partial charge in [-0.25, -0.2) is 0 Å². The largest absolute Gasteiger partial charge is 0.319 e. The molecule has 0 saturated heterocycles. The number of hydrogen-bond donors (Lipinski definition) is 1. The summed E-state index contributed by atoms with van der Waals surface area (Å²) in [4.78, 5) is 22.0. The van der Waals surface area contributed by atoms with E-state index in [0.29, 0.717) is 0 Å². The second-order valence-electron chi connectivity index (χ2n) is 4.04. The van der Waals surface area contributed by atoms with Crippen LogP contribution in [-0.2, 0) is 11.3 Å². The van der Waals surface area contributed by atoms with Crippen molar-refractivity contribution in [2.45, 2.75) is 13.5 Å². The highest BCUT2D eigenvalue weighted by molar-refractivity contribution is 5.92. The predicted molar refractivity (Wildman–Crippen MR) is 68.7 cm³/mol. The van der Waals surface area contributed by atoms with Gasteiger partial charge in [-0.15, -0.1) is 0 Å². The third-order valence-corrected chi connectivity index (χ3v) is 2.44. The van der Waals surface area contributed by atoms with Gasteiger partial charge >= 0.3 is 0 Å². The second kappa shape index (κ2) is 5.30. The monoisotopic (exact) mass is 260 g/mol. The molecular formula is C12H12N4O3. The van der Waals surface area contributed by atoms with E-state index in [2.05, 4.69) is 10.4 Å². The van der Waals surface area contributed by atoms with Crippen LogP contribution in [0, 0.1) is 17.0 Å². The molecule has 1 heterocycles. The summed E-state index contributed by atoms with van der Waals surface area (Å²) in [5.41, 5.74) is 0.993. The van der Waals surface area contributed by atoms with Gasteiger partial charge in [-0.1, -0.05) is 12.1 Å². The standard InChI is InChI=1S/C12H12N4O3/c1-9-6-13-15(7-9)8-12(17)14-10-4-2-3-5-11(10)16(18)19/h2-7H,8H2,1H3,(H,14,17). The molecule has 1 aromatic carbocycles. The molecule has 0 aliphatic heterocycles. The summed E-state index contributed by atoms with van der Waals surface area (Å²) in [5.74, 6) is -0.364.